The van der Waals surface area contributed by atoms with Crippen molar-refractivity contribution in [2.75, 3.05) is 32.8 Å². The SMILES string of the molecule is C#CCNC1CCc2cc(OCCCN3CCCCC3)ccc21. The molecule has 1 fully saturated rings. The number of nitrogens with one attached hydrogen (secondary N) is 1. The molecule has 0 bridgehead atoms. The number of hydrogen-bond donors (Lipinski definition) is 1. The smallest absolute Gasteiger partial charge is 0.119 e. The molecule has 0 radical (unpaired) electrons. The lowest BCUT2D eigenvalue weighted by atomic mass is 10.1. The lowest BCUT2D eigenvalue weighted by molar-refractivity contribution is 0.205. The molecule has 124 valence electrons. The van der Waals surface area contributed by atoms with E-state index in [0.717, 1.165) is 31.6 Å². The Kier molecular flexibility index (Phi) is 5.96. The highest BCUT2D eigenvalue weighted by Crippen LogP contribution is 2.33. The molecule has 1 heterocycles. The van der Waals surface area contributed by atoms with Crippen molar-refractivity contribution in [2.45, 2.75) is 44.6 Å². The van der Waals surface area contributed by atoms with Crippen molar-refractivity contribution in [1.29, 1.82) is 0 Å². The van der Waals surface area contributed by atoms with Crippen LogP contribution >= 0.6 is 0 Å². The fourth-order valence-corrected chi connectivity index (χ4v) is 3.74. The second kappa shape index (κ2) is 8.38. The molecule has 1 atom stereocenters. The number of piperidine rings is 1. The topological polar surface area (TPSA) is 24.5 Å². The molecule has 1 aliphatic carbocycles. The van der Waals surface area contributed by atoms with Crippen LogP contribution in [0.2, 0.25) is 0 Å². The molecule has 1 saturated heterocycles. The lowest BCUT2D eigenvalue weighted by Gasteiger charge is -2.26. The molecule has 1 aliphatic heterocycles. The highest BCUT2D eigenvalue weighted by Gasteiger charge is 2.22. The van der Waals surface area contributed by atoms with Gasteiger partial charge in [-0.05, 0) is 68.5 Å². The molecule has 3 heteroatoms. The molecular weight excluding hydrogens is 284 g/mol. The van der Waals surface area contributed by atoms with Gasteiger partial charge in [-0.1, -0.05) is 18.4 Å². The van der Waals surface area contributed by atoms with E-state index in [1.165, 1.54) is 50.0 Å². The van der Waals surface area contributed by atoms with Crippen molar-refractivity contribution in [1.82, 2.24) is 10.2 Å². The summed E-state index contributed by atoms with van der Waals surface area (Å²) in [5.41, 5.74) is 2.80. The van der Waals surface area contributed by atoms with E-state index in [2.05, 4.69) is 34.3 Å². The van der Waals surface area contributed by atoms with Crippen LogP contribution in [0.25, 0.3) is 0 Å². The van der Waals surface area contributed by atoms with Gasteiger partial charge in [-0.3, -0.25) is 5.32 Å². The molecule has 3 rings (SSSR count). The Bertz CT molecular complexity index is 543. The van der Waals surface area contributed by atoms with Crippen molar-refractivity contribution >= 4 is 0 Å². The number of hydrogen-bond acceptors (Lipinski definition) is 3. The summed E-state index contributed by atoms with van der Waals surface area (Å²) in [4.78, 5) is 2.57. The average molecular weight is 312 g/mol. The minimum Gasteiger partial charge on any atom is -0.494 e. The summed E-state index contributed by atoms with van der Waals surface area (Å²) in [5, 5.41) is 3.41. The first kappa shape index (κ1) is 16.4. The molecule has 1 aromatic carbocycles. The number of nitrogens with zero attached hydrogens (tertiary/aromatic N) is 1. The zero-order valence-electron chi connectivity index (χ0n) is 14.0. The standard InChI is InChI=1S/C20H28N2O/c1-2-11-21-20-10-7-17-16-18(8-9-19(17)20)23-15-6-14-22-12-4-3-5-13-22/h1,8-9,16,20-21H,3-7,10-15H2. The highest BCUT2D eigenvalue weighted by molar-refractivity contribution is 5.40. The zero-order chi connectivity index (χ0) is 15.9. The summed E-state index contributed by atoms with van der Waals surface area (Å²) in [7, 11) is 0. The molecule has 0 saturated carbocycles. The Hall–Kier alpha value is -1.50. The first-order chi connectivity index (χ1) is 11.4. The van der Waals surface area contributed by atoms with Crippen molar-refractivity contribution in [3.63, 3.8) is 0 Å². The fourth-order valence-electron chi connectivity index (χ4n) is 3.74. The Balaban J connectivity index is 1.44. The minimum atomic E-state index is 0.411. The molecule has 1 unspecified atom stereocenters. The van der Waals surface area contributed by atoms with Gasteiger partial charge in [0.2, 0.25) is 0 Å². The van der Waals surface area contributed by atoms with Crippen molar-refractivity contribution in [3.8, 4) is 18.1 Å². The second-order valence-electron chi connectivity index (χ2n) is 6.64. The quantitative estimate of drug-likeness (QED) is 0.618. The maximum Gasteiger partial charge on any atom is 0.119 e. The van der Waals surface area contributed by atoms with Gasteiger partial charge in [-0.2, -0.15) is 0 Å². The fraction of sp³-hybridized carbons (Fsp3) is 0.600. The van der Waals surface area contributed by atoms with E-state index in [9.17, 15) is 0 Å². The third kappa shape index (κ3) is 4.50. The first-order valence-corrected chi connectivity index (χ1v) is 9.01. The Morgan fingerprint density at radius 1 is 1.26 bits per heavy atom. The Labute approximate surface area is 140 Å². The van der Waals surface area contributed by atoms with Crippen LogP contribution in [0, 0.1) is 12.3 Å². The molecule has 0 amide bonds. The Morgan fingerprint density at radius 2 is 2.13 bits per heavy atom. The molecule has 3 nitrogen and oxygen atoms in total. The summed E-state index contributed by atoms with van der Waals surface area (Å²) in [5.74, 6) is 3.67. The minimum absolute atomic E-state index is 0.411. The maximum atomic E-state index is 5.96. The zero-order valence-corrected chi connectivity index (χ0v) is 14.0. The van der Waals surface area contributed by atoms with Gasteiger partial charge in [0.25, 0.3) is 0 Å². The predicted molar refractivity (Wildman–Crippen MR) is 94.7 cm³/mol. The van der Waals surface area contributed by atoms with E-state index in [1.807, 2.05) is 0 Å². The van der Waals surface area contributed by atoms with Crippen LogP contribution in [-0.2, 0) is 6.42 Å². The number of aryl methyl sites for hydroxylation is 1. The molecule has 0 spiro atoms. The normalized spacial score (nSPS) is 20.9. The van der Waals surface area contributed by atoms with Crippen LogP contribution in [-0.4, -0.2) is 37.7 Å². The van der Waals surface area contributed by atoms with Crippen molar-refractivity contribution in [2.24, 2.45) is 0 Å². The molecule has 1 aromatic rings. The van der Waals surface area contributed by atoms with Gasteiger partial charge < -0.3 is 9.64 Å². The largest absolute Gasteiger partial charge is 0.494 e. The van der Waals surface area contributed by atoms with Crippen LogP contribution in [0.1, 0.15) is 49.3 Å². The summed E-state index contributed by atoms with van der Waals surface area (Å²) in [6, 6.07) is 6.94. The number of benzene rings is 1. The van der Waals surface area contributed by atoms with E-state index in [1.54, 1.807) is 0 Å². The molecule has 1 N–H and O–H groups in total. The van der Waals surface area contributed by atoms with Crippen LogP contribution in [0.4, 0.5) is 0 Å². The van der Waals surface area contributed by atoms with Crippen LogP contribution in [0.15, 0.2) is 18.2 Å². The monoisotopic (exact) mass is 312 g/mol. The average Bonchev–Trinajstić information content (AvgIpc) is 3.00. The van der Waals surface area contributed by atoms with E-state index in [4.69, 9.17) is 11.2 Å². The van der Waals surface area contributed by atoms with Gasteiger partial charge in [0.15, 0.2) is 0 Å². The van der Waals surface area contributed by atoms with Gasteiger partial charge in [-0.15, -0.1) is 6.42 Å². The van der Waals surface area contributed by atoms with Crippen molar-refractivity contribution in [3.05, 3.63) is 29.3 Å². The van der Waals surface area contributed by atoms with Crippen molar-refractivity contribution < 1.29 is 4.74 Å². The highest BCUT2D eigenvalue weighted by atomic mass is 16.5. The van der Waals surface area contributed by atoms with Crippen LogP contribution in [0.3, 0.4) is 0 Å². The lowest BCUT2D eigenvalue weighted by Crippen LogP contribution is -2.31. The molecule has 0 aromatic heterocycles. The molecule has 23 heavy (non-hydrogen) atoms. The van der Waals surface area contributed by atoms with Gasteiger partial charge in [-0.25, -0.2) is 0 Å². The van der Waals surface area contributed by atoms with E-state index >= 15 is 0 Å². The first-order valence-electron chi connectivity index (χ1n) is 9.01. The number of fused-ring (bicyclic) bond motifs is 1. The summed E-state index contributed by atoms with van der Waals surface area (Å²) >= 11 is 0. The van der Waals surface area contributed by atoms with E-state index in [0.29, 0.717) is 12.6 Å². The van der Waals surface area contributed by atoms with Crippen LogP contribution < -0.4 is 10.1 Å². The summed E-state index contributed by atoms with van der Waals surface area (Å²) < 4.78 is 5.96. The van der Waals surface area contributed by atoms with Gasteiger partial charge in [0.05, 0.1) is 13.2 Å². The number of ether oxygens (including phenoxy) is 1. The predicted octanol–water partition coefficient (Wildman–Crippen LogP) is 3.15. The number of likely N-dealkylation sites (tertiary alicyclic amines) is 1. The second-order valence-corrected chi connectivity index (χ2v) is 6.64. The molecular formula is C20H28N2O. The maximum absolute atomic E-state index is 5.96. The molecule has 2 aliphatic rings. The number of terminal acetylenes is 1. The van der Waals surface area contributed by atoms with Crippen LogP contribution in [0.5, 0.6) is 5.75 Å². The summed E-state index contributed by atoms with van der Waals surface area (Å²) in [6.07, 6.45) is 12.8. The Morgan fingerprint density at radius 3 is 2.96 bits per heavy atom. The van der Waals surface area contributed by atoms with E-state index < -0.39 is 0 Å². The van der Waals surface area contributed by atoms with E-state index in [-0.39, 0.29) is 0 Å². The van der Waals surface area contributed by atoms with Gasteiger partial charge >= 0.3 is 0 Å². The summed E-state index contributed by atoms with van der Waals surface area (Å²) in [6.45, 7) is 5.16. The third-order valence-corrected chi connectivity index (χ3v) is 4.98. The third-order valence-electron chi connectivity index (χ3n) is 4.98. The van der Waals surface area contributed by atoms with Gasteiger partial charge in [0.1, 0.15) is 5.75 Å². The van der Waals surface area contributed by atoms with Gasteiger partial charge in [0, 0.05) is 12.6 Å². The number of rotatable bonds is 7.